The zero-order chi connectivity index (χ0) is 12.3. The van der Waals surface area contributed by atoms with E-state index in [1.807, 2.05) is 37.3 Å². The lowest BCUT2D eigenvalue weighted by molar-refractivity contribution is 1.22. The number of pyridine rings is 1. The topological polar surface area (TPSA) is 63.0 Å². The van der Waals surface area contributed by atoms with Gasteiger partial charge >= 0.3 is 0 Å². The summed E-state index contributed by atoms with van der Waals surface area (Å²) in [6.45, 7) is 2.04. The van der Waals surface area contributed by atoms with Gasteiger partial charge in [-0.15, -0.1) is 0 Å². The third-order valence-corrected chi connectivity index (χ3v) is 2.85. The second-order valence-electron chi connectivity index (χ2n) is 3.64. The molecule has 0 bridgehead atoms. The molecule has 17 heavy (non-hydrogen) atoms. The van der Waals surface area contributed by atoms with Gasteiger partial charge in [0.1, 0.15) is 11.6 Å². The van der Waals surface area contributed by atoms with Crippen LogP contribution in [0.1, 0.15) is 5.56 Å². The second-order valence-corrected chi connectivity index (χ2v) is 4.55. The highest BCUT2D eigenvalue weighted by molar-refractivity contribution is 9.10. The highest BCUT2D eigenvalue weighted by atomic mass is 79.9. The van der Waals surface area contributed by atoms with Gasteiger partial charge in [0.05, 0.1) is 0 Å². The Morgan fingerprint density at radius 2 is 1.94 bits per heavy atom. The maximum absolute atomic E-state index is 5.32. The van der Waals surface area contributed by atoms with E-state index < -0.39 is 0 Å². The number of hydrazine groups is 1. The number of hydrogen-bond acceptors (Lipinski definition) is 4. The van der Waals surface area contributed by atoms with Crippen LogP contribution < -0.4 is 16.6 Å². The van der Waals surface area contributed by atoms with Crippen molar-refractivity contribution in [3.8, 4) is 0 Å². The normalized spacial score (nSPS) is 10.1. The zero-order valence-corrected chi connectivity index (χ0v) is 11.0. The molecule has 1 aromatic heterocycles. The van der Waals surface area contributed by atoms with E-state index >= 15 is 0 Å². The molecule has 1 aromatic carbocycles. The molecule has 0 saturated heterocycles. The van der Waals surface area contributed by atoms with Crippen LogP contribution in [0.5, 0.6) is 0 Å². The van der Waals surface area contributed by atoms with Crippen molar-refractivity contribution < 1.29 is 0 Å². The summed E-state index contributed by atoms with van der Waals surface area (Å²) in [6.07, 6.45) is 0. The van der Waals surface area contributed by atoms with E-state index in [4.69, 9.17) is 5.84 Å². The van der Waals surface area contributed by atoms with Crippen LogP contribution >= 0.6 is 15.9 Å². The third kappa shape index (κ3) is 2.95. The van der Waals surface area contributed by atoms with Crippen molar-refractivity contribution in [2.24, 2.45) is 5.84 Å². The van der Waals surface area contributed by atoms with Crippen LogP contribution in [0, 0.1) is 6.92 Å². The molecule has 4 N–H and O–H groups in total. The summed E-state index contributed by atoms with van der Waals surface area (Å²) in [6, 6.07) is 11.6. The van der Waals surface area contributed by atoms with Crippen molar-refractivity contribution in [2.45, 2.75) is 6.92 Å². The summed E-state index contributed by atoms with van der Waals surface area (Å²) in [5.74, 6) is 6.70. The van der Waals surface area contributed by atoms with Crippen molar-refractivity contribution >= 4 is 33.3 Å². The van der Waals surface area contributed by atoms with Gasteiger partial charge in [-0.05, 0) is 36.8 Å². The molecule has 0 radical (unpaired) electrons. The molecule has 0 fully saturated rings. The van der Waals surface area contributed by atoms with Gasteiger partial charge < -0.3 is 10.7 Å². The van der Waals surface area contributed by atoms with Crippen LogP contribution in [0.4, 0.5) is 17.3 Å². The highest BCUT2D eigenvalue weighted by Crippen LogP contribution is 2.23. The Bertz CT molecular complexity index is 528. The molecule has 0 amide bonds. The molecule has 0 aliphatic rings. The Kier molecular flexibility index (Phi) is 3.61. The summed E-state index contributed by atoms with van der Waals surface area (Å²) in [7, 11) is 0. The standard InChI is InChI=1S/C12H13BrN4/c1-8-5-6-9(13)7-10(8)15-11-3-2-4-12(16-11)17-14/h2-7H,14H2,1H3,(H2,15,16,17). The van der Waals surface area contributed by atoms with Crippen LogP contribution in [0.2, 0.25) is 0 Å². The third-order valence-electron chi connectivity index (χ3n) is 2.36. The van der Waals surface area contributed by atoms with Gasteiger partial charge in [0.25, 0.3) is 0 Å². The molecule has 0 unspecified atom stereocenters. The molecule has 0 saturated carbocycles. The minimum absolute atomic E-state index is 0.627. The van der Waals surface area contributed by atoms with Gasteiger partial charge in [-0.3, -0.25) is 0 Å². The predicted molar refractivity (Wildman–Crippen MR) is 74.2 cm³/mol. The van der Waals surface area contributed by atoms with Crippen LogP contribution in [0.15, 0.2) is 40.9 Å². The summed E-state index contributed by atoms with van der Waals surface area (Å²) in [5, 5.41) is 3.25. The Morgan fingerprint density at radius 1 is 1.18 bits per heavy atom. The summed E-state index contributed by atoms with van der Waals surface area (Å²) in [4.78, 5) is 4.29. The van der Waals surface area contributed by atoms with E-state index in [2.05, 4.69) is 31.7 Å². The highest BCUT2D eigenvalue weighted by Gasteiger charge is 2.01. The van der Waals surface area contributed by atoms with Gasteiger partial charge in [-0.2, -0.15) is 0 Å². The van der Waals surface area contributed by atoms with E-state index in [1.54, 1.807) is 6.07 Å². The lowest BCUT2D eigenvalue weighted by Crippen LogP contribution is -2.09. The van der Waals surface area contributed by atoms with E-state index in [-0.39, 0.29) is 0 Å². The Morgan fingerprint density at radius 3 is 2.71 bits per heavy atom. The maximum Gasteiger partial charge on any atom is 0.142 e. The number of nitrogens with one attached hydrogen (secondary N) is 2. The minimum Gasteiger partial charge on any atom is -0.340 e. The Labute approximate surface area is 108 Å². The van der Waals surface area contributed by atoms with Crippen molar-refractivity contribution in [1.82, 2.24) is 4.98 Å². The van der Waals surface area contributed by atoms with E-state index in [0.717, 1.165) is 21.5 Å². The summed E-state index contributed by atoms with van der Waals surface area (Å²) in [5.41, 5.74) is 4.69. The Balaban J connectivity index is 2.27. The van der Waals surface area contributed by atoms with E-state index in [1.165, 1.54) is 0 Å². The van der Waals surface area contributed by atoms with Crippen LogP contribution in [-0.4, -0.2) is 4.98 Å². The lowest BCUT2D eigenvalue weighted by atomic mass is 10.2. The number of nitrogens with two attached hydrogens (primary N) is 1. The second kappa shape index (κ2) is 5.16. The van der Waals surface area contributed by atoms with Crippen molar-refractivity contribution in [3.05, 3.63) is 46.4 Å². The number of halogens is 1. The fourth-order valence-electron chi connectivity index (χ4n) is 1.45. The first-order valence-corrected chi connectivity index (χ1v) is 5.95. The average molecular weight is 293 g/mol. The molecule has 0 aliphatic heterocycles. The molecule has 5 heteroatoms. The number of nitrogens with zero attached hydrogens (tertiary/aromatic N) is 1. The van der Waals surface area contributed by atoms with Crippen molar-refractivity contribution in [3.63, 3.8) is 0 Å². The number of hydrogen-bond donors (Lipinski definition) is 3. The fraction of sp³-hybridized carbons (Fsp3) is 0.0833. The first-order valence-electron chi connectivity index (χ1n) is 5.16. The van der Waals surface area contributed by atoms with Crippen LogP contribution in [0.25, 0.3) is 0 Å². The van der Waals surface area contributed by atoms with Gasteiger partial charge in [0.15, 0.2) is 0 Å². The SMILES string of the molecule is Cc1ccc(Br)cc1Nc1cccc(NN)n1. The summed E-state index contributed by atoms with van der Waals surface area (Å²) >= 11 is 3.45. The van der Waals surface area contributed by atoms with Gasteiger partial charge in [0.2, 0.25) is 0 Å². The minimum atomic E-state index is 0.627. The first-order chi connectivity index (χ1) is 8.19. The molecular weight excluding hydrogens is 280 g/mol. The maximum atomic E-state index is 5.32. The lowest BCUT2D eigenvalue weighted by Gasteiger charge is -2.10. The largest absolute Gasteiger partial charge is 0.340 e. The number of rotatable bonds is 3. The van der Waals surface area contributed by atoms with Crippen molar-refractivity contribution in [1.29, 1.82) is 0 Å². The molecule has 1 heterocycles. The monoisotopic (exact) mass is 292 g/mol. The molecule has 0 atom stereocenters. The number of aromatic nitrogens is 1. The fourth-order valence-corrected chi connectivity index (χ4v) is 1.81. The van der Waals surface area contributed by atoms with Gasteiger partial charge in [0, 0.05) is 10.2 Å². The van der Waals surface area contributed by atoms with Gasteiger partial charge in [-0.25, -0.2) is 10.8 Å². The predicted octanol–water partition coefficient (Wildman–Crippen LogP) is 3.18. The number of anilines is 3. The average Bonchev–Trinajstić information content (AvgIpc) is 2.34. The molecule has 4 nitrogen and oxygen atoms in total. The number of nitrogen functional groups attached to an aromatic ring is 1. The van der Waals surface area contributed by atoms with Crippen LogP contribution in [-0.2, 0) is 0 Å². The molecular formula is C12H13BrN4. The van der Waals surface area contributed by atoms with Crippen molar-refractivity contribution in [2.75, 3.05) is 10.7 Å². The van der Waals surface area contributed by atoms with E-state index in [0.29, 0.717) is 5.82 Å². The van der Waals surface area contributed by atoms with Crippen LogP contribution in [0.3, 0.4) is 0 Å². The molecule has 2 aromatic rings. The quantitative estimate of drug-likeness (QED) is 0.601. The molecule has 0 spiro atoms. The Hall–Kier alpha value is -1.59. The number of aryl methyl sites for hydroxylation is 1. The molecule has 0 aliphatic carbocycles. The smallest absolute Gasteiger partial charge is 0.142 e. The zero-order valence-electron chi connectivity index (χ0n) is 9.37. The number of benzene rings is 1. The molecule has 88 valence electrons. The first kappa shape index (κ1) is 11.9. The van der Waals surface area contributed by atoms with E-state index in [9.17, 15) is 0 Å². The van der Waals surface area contributed by atoms with Gasteiger partial charge in [-0.1, -0.05) is 28.1 Å². The molecule has 2 rings (SSSR count). The summed E-state index contributed by atoms with van der Waals surface area (Å²) < 4.78 is 1.03.